The van der Waals surface area contributed by atoms with Gasteiger partial charge in [0.25, 0.3) is 0 Å². The van der Waals surface area contributed by atoms with Crippen LogP contribution in [0.25, 0.3) is 10.7 Å². The van der Waals surface area contributed by atoms with E-state index in [4.69, 9.17) is 5.11 Å². The van der Waals surface area contributed by atoms with Gasteiger partial charge in [-0.3, -0.25) is 9.36 Å². The quantitative estimate of drug-likeness (QED) is 0.852. The molecule has 0 atom stereocenters. The summed E-state index contributed by atoms with van der Waals surface area (Å²) in [4.78, 5) is 13.1. The van der Waals surface area contributed by atoms with Crippen molar-refractivity contribution in [1.29, 1.82) is 0 Å². The predicted molar refractivity (Wildman–Crippen MR) is 86.1 cm³/mol. The number of hydrogen-bond donors (Lipinski definition) is 1. The minimum Gasteiger partial charge on any atom is -0.481 e. The predicted octanol–water partition coefficient (Wildman–Crippen LogP) is 3.50. The monoisotopic (exact) mass is 325 g/mol. The fraction of sp³-hybridized carbons (Fsp3) is 0.500. The van der Waals surface area contributed by atoms with E-state index in [0.29, 0.717) is 5.16 Å². The first-order valence-corrected chi connectivity index (χ1v) is 8.52. The highest BCUT2D eigenvalue weighted by Crippen LogP contribution is 2.34. The molecule has 0 spiro atoms. The highest BCUT2D eigenvalue weighted by atomic mass is 32.2. The number of nitrogens with zero attached hydrogens (tertiary/aromatic N) is 3. The Balaban J connectivity index is 2.44. The van der Waals surface area contributed by atoms with Crippen LogP contribution in [0.15, 0.2) is 17.3 Å². The molecule has 0 aliphatic carbocycles. The van der Waals surface area contributed by atoms with Crippen molar-refractivity contribution in [2.24, 2.45) is 0 Å². The first kappa shape index (κ1) is 16.0. The van der Waals surface area contributed by atoms with Crippen molar-refractivity contribution in [3.8, 4) is 10.7 Å². The number of thioether (sulfide) groups is 1. The molecule has 0 saturated heterocycles. The van der Waals surface area contributed by atoms with Crippen LogP contribution in [0, 0.1) is 0 Å². The molecule has 1 N–H and O–H groups in total. The van der Waals surface area contributed by atoms with Crippen molar-refractivity contribution in [2.45, 2.75) is 44.8 Å². The molecule has 0 aliphatic heterocycles. The number of thiophene rings is 1. The summed E-state index contributed by atoms with van der Waals surface area (Å²) in [7, 11) is 0. The summed E-state index contributed by atoms with van der Waals surface area (Å²) in [6.07, 6.45) is 0.995. The van der Waals surface area contributed by atoms with E-state index >= 15 is 0 Å². The third-order valence-corrected chi connectivity index (χ3v) is 5.00. The van der Waals surface area contributed by atoms with Gasteiger partial charge < -0.3 is 5.11 Å². The van der Waals surface area contributed by atoms with Crippen LogP contribution < -0.4 is 0 Å². The number of aliphatic carboxylic acids is 1. The van der Waals surface area contributed by atoms with Gasteiger partial charge in [-0.1, -0.05) is 18.7 Å². The first-order chi connectivity index (χ1) is 9.82. The molecule has 7 heteroatoms. The fourth-order valence-electron chi connectivity index (χ4n) is 1.94. The third kappa shape index (κ3) is 3.65. The maximum atomic E-state index is 10.8. The lowest BCUT2D eigenvalue weighted by molar-refractivity contribution is -0.133. The molecule has 0 aliphatic rings. The number of carbonyl (C=O) groups is 1. The Kier molecular flexibility index (Phi) is 4.73. The van der Waals surface area contributed by atoms with Crippen LogP contribution >= 0.6 is 23.1 Å². The van der Waals surface area contributed by atoms with Crippen LogP contribution in [0.3, 0.4) is 0 Å². The lowest BCUT2D eigenvalue weighted by atomic mass is 10.1. The average molecular weight is 325 g/mol. The van der Waals surface area contributed by atoms with Crippen LogP contribution in [0.5, 0.6) is 0 Å². The molecule has 0 aromatic carbocycles. The van der Waals surface area contributed by atoms with Crippen molar-refractivity contribution in [3.63, 3.8) is 0 Å². The average Bonchev–Trinajstić information content (AvgIpc) is 3.01. The van der Waals surface area contributed by atoms with Gasteiger partial charge in [0, 0.05) is 10.4 Å². The summed E-state index contributed by atoms with van der Waals surface area (Å²) < 4.78 is 2.02. The van der Waals surface area contributed by atoms with Gasteiger partial charge in [0.15, 0.2) is 11.0 Å². The van der Waals surface area contributed by atoms with Crippen molar-refractivity contribution in [1.82, 2.24) is 14.8 Å². The molecule has 0 fully saturated rings. The molecule has 0 amide bonds. The summed E-state index contributed by atoms with van der Waals surface area (Å²) in [6, 6.07) is 4.16. The van der Waals surface area contributed by atoms with Crippen molar-refractivity contribution < 1.29 is 9.90 Å². The molecular formula is C14H19N3O2S2. The SMILES string of the molecule is CCc1ccc(-c2nnc(SCC(=O)O)n2C(C)(C)C)s1. The highest BCUT2D eigenvalue weighted by Gasteiger charge is 2.25. The Hall–Kier alpha value is -1.34. The van der Waals surface area contributed by atoms with Crippen molar-refractivity contribution >= 4 is 29.1 Å². The lowest BCUT2D eigenvalue weighted by Gasteiger charge is -2.24. The number of hydrogen-bond acceptors (Lipinski definition) is 5. The normalized spacial score (nSPS) is 11.8. The number of carboxylic acids is 1. The van der Waals surface area contributed by atoms with Crippen molar-refractivity contribution in [2.75, 3.05) is 5.75 Å². The maximum Gasteiger partial charge on any atom is 0.313 e. The van der Waals surface area contributed by atoms with E-state index in [9.17, 15) is 4.79 Å². The minimum absolute atomic E-state index is 0.0150. The number of aryl methyl sites for hydroxylation is 1. The summed E-state index contributed by atoms with van der Waals surface area (Å²) in [5.74, 6) is -0.0618. The Labute approximate surface area is 132 Å². The van der Waals surface area contributed by atoms with E-state index in [1.807, 2.05) is 4.57 Å². The molecule has 0 saturated carbocycles. The topological polar surface area (TPSA) is 68.0 Å². The summed E-state index contributed by atoms with van der Waals surface area (Å²) in [5.41, 5.74) is -0.212. The molecule has 21 heavy (non-hydrogen) atoms. The molecule has 5 nitrogen and oxygen atoms in total. The minimum atomic E-state index is -0.852. The maximum absolute atomic E-state index is 10.8. The summed E-state index contributed by atoms with van der Waals surface area (Å²) in [5, 5.41) is 18.0. The van der Waals surface area contributed by atoms with Gasteiger partial charge in [-0.25, -0.2) is 0 Å². The van der Waals surface area contributed by atoms with Gasteiger partial charge in [0.2, 0.25) is 0 Å². The third-order valence-electron chi connectivity index (χ3n) is 2.86. The fourth-order valence-corrected chi connectivity index (χ4v) is 3.71. The molecular weight excluding hydrogens is 306 g/mol. The second-order valence-corrected chi connectivity index (χ2v) is 7.73. The van der Waals surface area contributed by atoms with Crippen LogP contribution in [0.2, 0.25) is 0 Å². The number of rotatable bonds is 5. The smallest absolute Gasteiger partial charge is 0.313 e. The zero-order valence-electron chi connectivity index (χ0n) is 12.6. The van der Waals surface area contributed by atoms with Crippen LogP contribution in [0.1, 0.15) is 32.6 Å². The Morgan fingerprint density at radius 3 is 2.62 bits per heavy atom. The zero-order chi connectivity index (χ0) is 15.6. The van der Waals surface area contributed by atoms with Crippen LogP contribution in [-0.2, 0) is 16.8 Å². The standard InChI is InChI=1S/C14H19N3O2S2/c1-5-9-6-7-10(21-9)12-15-16-13(20-8-11(18)19)17(12)14(2,3)4/h6-7H,5,8H2,1-4H3,(H,18,19). The second-order valence-electron chi connectivity index (χ2n) is 5.61. The summed E-state index contributed by atoms with van der Waals surface area (Å²) >= 11 is 2.91. The van der Waals surface area contributed by atoms with E-state index in [2.05, 4.69) is 50.0 Å². The second kappa shape index (κ2) is 6.19. The van der Waals surface area contributed by atoms with Crippen LogP contribution in [0.4, 0.5) is 0 Å². The van der Waals surface area contributed by atoms with E-state index in [1.54, 1.807) is 11.3 Å². The summed E-state index contributed by atoms with van der Waals surface area (Å²) in [6.45, 7) is 8.33. The first-order valence-electron chi connectivity index (χ1n) is 6.72. The van der Waals surface area contributed by atoms with Gasteiger partial charge in [-0.05, 0) is 39.3 Å². The van der Waals surface area contributed by atoms with Crippen molar-refractivity contribution in [3.05, 3.63) is 17.0 Å². The molecule has 0 radical (unpaired) electrons. The van der Waals surface area contributed by atoms with E-state index in [-0.39, 0.29) is 11.3 Å². The van der Waals surface area contributed by atoms with Gasteiger partial charge in [0.1, 0.15) is 0 Å². The highest BCUT2D eigenvalue weighted by molar-refractivity contribution is 7.99. The number of aromatic nitrogens is 3. The molecule has 2 aromatic rings. The molecule has 114 valence electrons. The largest absolute Gasteiger partial charge is 0.481 e. The molecule has 0 unspecified atom stereocenters. The van der Waals surface area contributed by atoms with Gasteiger partial charge in [-0.15, -0.1) is 21.5 Å². The van der Waals surface area contributed by atoms with E-state index in [1.165, 1.54) is 16.6 Å². The number of carboxylic acid groups (broad SMARTS) is 1. The Bertz CT molecular complexity index is 641. The van der Waals surface area contributed by atoms with Gasteiger partial charge in [-0.2, -0.15) is 0 Å². The van der Waals surface area contributed by atoms with E-state index in [0.717, 1.165) is 17.1 Å². The molecule has 2 aromatic heterocycles. The zero-order valence-corrected chi connectivity index (χ0v) is 14.2. The molecule has 0 bridgehead atoms. The van der Waals surface area contributed by atoms with Gasteiger partial charge >= 0.3 is 5.97 Å². The molecule has 2 rings (SSSR count). The Morgan fingerprint density at radius 1 is 1.38 bits per heavy atom. The Morgan fingerprint density at radius 2 is 2.10 bits per heavy atom. The lowest BCUT2D eigenvalue weighted by Crippen LogP contribution is -2.23. The molecule has 2 heterocycles. The van der Waals surface area contributed by atoms with E-state index < -0.39 is 5.97 Å². The van der Waals surface area contributed by atoms with Crippen LogP contribution in [-0.4, -0.2) is 31.6 Å². The van der Waals surface area contributed by atoms with Gasteiger partial charge in [0.05, 0.1) is 10.6 Å².